The van der Waals surface area contributed by atoms with E-state index in [0.29, 0.717) is 5.56 Å². The molecule has 3 rings (SSSR count). The summed E-state index contributed by atoms with van der Waals surface area (Å²) >= 11 is 11.9. The molecule has 2 atom stereocenters. The van der Waals surface area contributed by atoms with Crippen molar-refractivity contribution in [1.29, 1.82) is 0 Å². The van der Waals surface area contributed by atoms with Gasteiger partial charge in [0.1, 0.15) is 6.04 Å². The van der Waals surface area contributed by atoms with Crippen molar-refractivity contribution in [3.63, 3.8) is 0 Å². The summed E-state index contributed by atoms with van der Waals surface area (Å²) in [5.41, 5.74) is 5.80. The van der Waals surface area contributed by atoms with Crippen LogP contribution < -0.4 is 5.73 Å². The van der Waals surface area contributed by atoms with Gasteiger partial charge >= 0.3 is 12.1 Å². The fourth-order valence-electron chi connectivity index (χ4n) is 3.48. The van der Waals surface area contributed by atoms with Gasteiger partial charge in [0.25, 0.3) is 5.79 Å². The molecule has 0 spiro atoms. The molecule has 12 heteroatoms. The number of rotatable bonds is 6. The Labute approximate surface area is 209 Å². The highest BCUT2D eigenvalue weighted by molar-refractivity contribution is 7.91. The number of carbonyl (C=O) groups excluding carboxylic acids is 1. The predicted octanol–water partition coefficient (Wildman–Crippen LogP) is 5.01. The lowest BCUT2D eigenvalue weighted by atomic mass is 9.90. The first-order valence-corrected chi connectivity index (χ1v) is 12.4. The molecule has 2 unspecified atom stereocenters. The number of benzene rings is 3. The van der Waals surface area contributed by atoms with Crippen LogP contribution in [-0.2, 0) is 25.2 Å². The van der Waals surface area contributed by atoms with Crippen molar-refractivity contribution in [2.24, 2.45) is 5.73 Å². The van der Waals surface area contributed by atoms with Crippen molar-refractivity contribution < 1.29 is 36.2 Å². The first-order valence-electron chi connectivity index (χ1n) is 9.78. The van der Waals surface area contributed by atoms with Gasteiger partial charge in [-0.1, -0.05) is 77.8 Å². The summed E-state index contributed by atoms with van der Waals surface area (Å²) in [6.45, 7) is 0. The number of sulfone groups is 1. The molecular formula is C23H18Cl2F3NO5S. The summed E-state index contributed by atoms with van der Waals surface area (Å²) in [5.74, 6) is -6.06. The van der Waals surface area contributed by atoms with Crippen LogP contribution in [0.5, 0.6) is 0 Å². The fourth-order valence-corrected chi connectivity index (χ4v) is 4.99. The van der Waals surface area contributed by atoms with Gasteiger partial charge in [0.15, 0.2) is 9.84 Å². The van der Waals surface area contributed by atoms with Crippen LogP contribution in [0, 0.1) is 0 Å². The molecule has 186 valence electrons. The molecule has 0 aliphatic carbocycles. The largest absolute Gasteiger partial charge is 0.491 e. The molecule has 0 aliphatic heterocycles. The normalized spacial score (nSPS) is 14.7. The van der Waals surface area contributed by atoms with Crippen LogP contribution in [0.4, 0.5) is 13.2 Å². The third-order valence-electron chi connectivity index (χ3n) is 5.06. The van der Waals surface area contributed by atoms with Crippen LogP contribution in [0.2, 0.25) is 10.0 Å². The van der Waals surface area contributed by atoms with E-state index in [1.165, 1.54) is 24.3 Å². The summed E-state index contributed by atoms with van der Waals surface area (Å²) in [5, 5.41) is 11.5. The van der Waals surface area contributed by atoms with Crippen LogP contribution in [0.1, 0.15) is 17.2 Å². The maximum absolute atomic E-state index is 13.2. The van der Waals surface area contributed by atoms with E-state index in [9.17, 15) is 31.5 Å². The van der Waals surface area contributed by atoms with E-state index >= 15 is 0 Å². The third kappa shape index (κ3) is 5.62. The SMILES string of the molecule is CS(=O)(=O)c1c(-c2ccccc2)cccc1C(O)(OC(=O)C(F)(F)F)C(N)c1ccc(Cl)c(Cl)c1. The monoisotopic (exact) mass is 547 g/mol. The molecule has 6 nitrogen and oxygen atoms in total. The Morgan fingerprint density at radius 1 is 1.00 bits per heavy atom. The van der Waals surface area contributed by atoms with Crippen molar-refractivity contribution in [3.05, 3.63) is 87.9 Å². The number of ether oxygens (including phenoxy) is 1. The van der Waals surface area contributed by atoms with Crippen molar-refractivity contribution in [2.45, 2.75) is 22.9 Å². The number of alkyl halides is 3. The zero-order valence-corrected chi connectivity index (χ0v) is 20.2. The van der Waals surface area contributed by atoms with Gasteiger partial charge in [-0.15, -0.1) is 0 Å². The zero-order valence-electron chi connectivity index (χ0n) is 17.9. The molecule has 0 bridgehead atoms. The summed E-state index contributed by atoms with van der Waals surface area (Å²) in [6, 6.07) is 13.5. The highest BCUT2D eigenvalue weighted by Crippen LogP contribution is 2.43. The predicted molar refractivity (Wildman–Crippen MR) is 124 cm³/mol. The molecule has 0 aromatic heterocycles. The first kappa shape index (κ1) is 27.0. The van der Waals surface area contributed by atoms with E-state index in [1.807, 2.05) is 0 Å². The third-order valence-corrected chi connectivity index (χ3v) is 6.98. The first-order chi connectivity index (χ1) is 16.2. The molecule has 3 aromatic carbocycles. The molecule has 0 heterocycles. The minimum Gasteiger partial charge on any atom is -0.420 e. The molecule has 0 saturated heterocycles. The Hall–Kier alpha value is -2.63. The highest BCUT2D eigenvalue weighted by atomic mass is 35.5. The standard InChI is InChI=1S/C23H18Cl2F3NO5S/c1-35(32,33)19-15(13-6-3-2-4-7-13)8-5-9-16(19)22(31,34-21(30)23(26,27)28)20(29)14-10-11-17(24)18(25)12-14/h2-12,20,31H,29H2,1H3. The van der Waals surface area contributed by atoms with Crippen molar-refractivity contribution >= 4 is 39.0 Å². The lowest BCUT2D eigenvalue weighted by molar-refractivity contribution is -0.260. The molecule has 0 saturated carbocycles. The molecule has 0 amide bonds. The number of hydrogen-bond acceptors (Lipinski definition) is 6. The summed E-state index contributed by atoms with van der Waals surface area (Å²) in [7, 11) is -4.23. The number of hydrogen-bond donors (Lipinski definition) is 2. The molecule has 0 aliphatic rings. The van der Waals surface area contributed by atoms with Gasteiger partial charge in [-0.25, -0.2) is 13.2 Å². The lowest BCUT2D eigenvalue weighted by Gasteiger charge is -2.35. The van der Waals surface area contributed by atoms with Gasteiger partial charge in [0, 0.05) is 17.4 Å². The summed E-state index contributed by atoms with van der Waals surface area (Å²) in [4.78, 5) is 11.3. The second-order valence-electron chi connectivity index (χ2n) is 7.56. The Balaban J connectivity index is 2.35. The number of esters is 1. The van der Waals surface area contributed by atoms with Crippen LogP contribution >= 0.6 is 23.2 Å². The van der Waals surface area contributed by atoms with Crippen LogP contribution in [-0.4, -0.2) is 31.9 Å². The summed E-state index contributed by atoms with van der Waals surface area (Å²) < 4.78 is 69.8. The smallest absolute Gasteiger partial charge is 0.420 e. The van der Waals surface area contributed by atoms with Gasteiger partial charge in [-0.3, -0.25) is 0 Å². The van der Waals surface area contributed by atoms with Gasteiger partial charge in [0.2, 0.25) is 0 Å². The molecule has 35 heavy (non-hydrogen) atoms. The minimum absolute atomic E-state index is 0.0495. The van der Waals surface area contributed by atoms with Crippen molar-refractivity contribution in [2.75, 3.05) is 6.26 Å². The van der Waals surface area contributed by atoms with Crippen molar-refractivity contribution in [1.82, 2.24) is 0 Å². The molecule has 3 N–H and O–H groups in total. The maximum Gasteiger partial charge on any atom is 0.491 e. The second-order valence-corrected chi connectivity index (χ2v) is 10.3. The van der Waals surface area contributed by atoms with E-state index in [-0.39, 0.29) is 21.2 Å². The molecule has 0 radical (unpaired) electrons. The van der Waals surface area contributed by atoms with E-state index < -0.39 is 44.3 Å². The average Bonchev–Trinajstić information content (AvgIpc) is 2.79. The fraction of sp³-hybridized carbons (Fsp3) is 0.174. The number of halogens is 5. The number of carbonyl (C=O) groups is 1. The second kappa shape index (κ2) is 9.79. The Morgan fingerprint density at radius 2 is 1.63 bits per heavy atom. The number of aliphatic hydroxyl groups is 1. The lowest BCUT2D eigenvalue weighted by Crippen LogP contribution is -2.46. The Kier molecular flexibility index (Phi) is 7.54. The summed E-state index contributed by atoms with van der Waals surface area (Å²) in [6.07, 6.45) is -4.72. The van der Waals surface area contributed by atoms with Gasteiger partial charge in [-0.2, -0.15) is 13.2 Å². The van der Waals surface area contributed by atoms with E-state index in [0.717, 1.165) is 18.4 Å². The molecule has 3 aromatic rings. The van der Waals surface area contributed by atoms with E-state index in [4.69, 9.17) is 28.9 Å². The van der Waals surface area contributed by atoms with Crippen LogP contribution in [0.25, 0.3) is 11.1 Å². The quantitative estimate of drug-likeness (QED) is 0.331. The topological polar surface area (TPSA) is 107 Å². The van der Waals surface area contributed by atoms with E-state index in [1.54, 1.807) is 30.3 Å². The van der Waals surface area contributed by atoms with Crippen LogP contribution in [0.3, 0.4) is 0 Å². The molecular weight excluding hydrogens is 530 g/mol. The maximum atomic E-state index is 13.2. The van der Waals surface area contributed by atoms with Gasteiger partial charge in [-0.05, 0) is 23.3 Å². The minimum atomic E-state index is -5.52. The average molecular weight is 548 g/mol. The highest BCUT2D eigenvalue weighted by Gasteiger charge is 2.51. The molecule has 0 fully saturated rings. The van der Waals surface area contributed by atoms with Gasteiger partial charge in [0.05, 0.1) is 14.9 Å². The zero-order chi connectivity index (χ0) is 26.2. The van der Waals surface area contributed by atoms with E-state index in [2.05, 4.69) is 4.74 Å². The van der Waals surface area contributed by atoms with Crippen LogP contribution in [0.15, 0.2) is 71.6 Å². The number of nitrogens with two attached hydrogens (primary N) is 1. The Bertz CT molecular complexity index is 1370. The van der Waals surface area contributed by atoms with Gasteiger partial charge < -0.3 is 15.6 Å². The Morgan fingerprint density at radius 3 is 2.17 bits per heavy atom. The van der Waals surface area contributed by atoms with Crippen molar-refractivity contribution in [3.8, 4) is 11.1 Å².